The van der Waals surface area contributed by atoms with E-state index >= 15 is 0 Å². The molecule has 0 aromatic heterocycles. The first-order valence-electron chi connectivity index (χ1n) is 6.30. The van der Waals surface area contributed by atoms with E-state index in [9.17, 15) is 14.7 Å². The molecule has 6 heteroatoms. The van der Waals surface area contributed by atoms with E-state index in [0.29, 0.717) is 26.2 Å². The molecule has 1 saturated heterocycles. The van der Waals surface area contributed by atoms with Crippen molar-refractivity contribution in [2.24, 2.45) is 0 Å². The molecule has 1 heterocycles. The lowest BCUT2D eigenvalue weighted by Gasteiger charge is -2.39. The third-order valence-electron chi connectivity index (χ3n) is 2.76. The minimum Gasteiger partial charge on any atom is -0.480 e. The zero-order valence-corrected chi connectivity index (χ0v) is 11.8. The SMILES string of the molecule is C=CCN1CCN(C(=O)OC(C)(C)C)C(C(=O)O)C1. The van der Waals surface area contributed by atoms with E-state index in [1.807, 2.05) is 4.90 Å². The highest BCUT2D eigenvalue weighted by molar-refractivity contribution is 5.80. The van der Waals surface area contributed by atoms with Gasteiger partial charge < -0.3 is 9.84 Å². The molecular formula is C13H22N2O4. The van der Waals surface area contributed by atoms with Crippen LogP contribution in [0.25, 0.3) is 0 Å². The minimum absolute atomic E-state index is 0.292. The van der Waals surface area contributed by atoms with E-state index in [1.165, 1.54) is 4.90 Å². The number of ether oxygens (including phenoxy) is 1. The number of hydrogen-bond acceptors (Lipinski definition) is 4. The van der Waals surface area contributed by atoms with E-state index in [2.05, 4.69) is 6.58 Å². The Morgan fingerprint density at radius 2 is 2.05 bits per heavy atom. The lowest BCUT2D eigenvalue weighted by atomic mass is 10.1. The molecule has 1 fully saturated rings. The Hall–Kier alpha value is -1.56. The fraction of sp³-hybridized carbons (Fsp3) is 0.692. The smallest absolute Gasteiger partial charge is 0.411 e. The van der Waals surface area contributed by atoms with Gasteiger partial charge in [-0.1, -0.05) is 6.08 Å². The standard InChI is InChI=1S/C13H22N2O4/c1-5-6-14-7-8-15(10(9-14)11(16)17)12(18)19-13(2,3)4/h5,10H,1,6-9H2,2-4H3,(H,16,17). The van der Waals surface area contributed by atoms with Crippen molar-refractivity contribution in [3.63, 3.8) is 0 Å². The van der Waals surface area contributed by atoms with Gasteiger partial charge in [0.2, 0.25) is 0 Å². The van der Waals surface area contributed by atoms with Crippen molar-refractivity contribution < 1.29 is 19.4 Å². The van der Waals surface area contributed by atoms with Gasteiger partial charge in [-0.25, -0.2) is 9.59 Å². The average Bonchev–Trinajstić information content (AvgIpc) is 2.26. The van der Waals surface area contributed by atoms with Crippen LogP contribution >= 0.6 is 0 Å². The Morgan fingerprint density at radius 3 is 2.53 bits per heavy atom. The van der Waals surface area contributed by atoms with Crippen LogP contribution in [0.15, 0.2) is 12.7 Å². The number of piperazine rings is 1. The molecule has 0 aromatic rings. The molecule has 6 nitrogen and oxygen atoms in total. The second kappa shape index (κ2) is 6.06. The van der Waals surface area contributed by atoms with Crippen LogP contribution in [0.4, 0.5) is 4.79 Å². The first-order valence-corrected chi connectivity index (χ1v) is 6.30. The number of carboxylic acid groups (broad SMARTS) is 1. The van der Waals surface area contributed by atoms with Crippen molar-refractivity contribution >= 4 is 12.1 Å². The molecule has 0 bridgehead atoms. The summed E-state index contributed by atoms with van der Waals surface area (Å²) in [5.41, 5.74) is -0.627. The van der Waals surface area contributed by atoms with Crippen LogP contribution in [-0.2, 0) is 9.53 Å². The van der Waals surface area contributed by atoms with Gasteiger partial charge in [0.25, 0.3) is 0 Å². The van der Waals surface area contributed by atoms with Crippen LogP contribution in [0.3, 0.4) is 0 Å². The number of nitrogens with zero attached hydrogens (tertiary/aromatic N) is 2. The van der Waals surface area contributed by atoms with Gasteiger partial charge in [-0.3, -0.25) is 9.80 Å². The molecule has 1 atom stereocenters. The minimum atomic E-state index is -1.01. The summed E-state index contributed by atoms with van der Waals surface area (Å²) in [6, 6.07) is -0.872. The molecule has 1 aliphatic rings. The van der Waals surface area contributed by atoms with Gasteiger partial charge in [-0.15, -0.1) is 6.58 Å². The Bertz CT molecular complexity index is 362. The average molecular weight is 270 g/mol. The molecule has 0 saturated carbocycles. The summed E-state index contributed by atoms with van der Waals surface area (Å²) < 4.78 is 5.24. The van der Waals surface area contributed by atoms with Crippen molar-refractivity contribution in [2.75, 3.05) is 26.2 Å². The zero-order valence-electron chi connectivity index (χ0n) is 11.8. The number of amides is 1. The number of carbonyl (C=O) groups is 2. The topological polar surface area (TPSA) is 70.1 Å². The van der Waals surface area contributed by atoms with Crippen LogP contribution in [0.2, 0.25) is 0 Å². The van der Waals surface area contributed by atoms with Crippen molar-refractivity contribution in [3.8, 4) is 0 Å². The van der Waals surface area contributed by atoms with Crippen molar-refractivity contribution in [3.05, 3.63) is 12.7 Å². The third-order valence-corrected chi connectivity index (χ3v) is 2.76. The number of hydrogen-bond donors (Lipinski definition) is 1. The molecule has 1 unspecified atom stereocenters. The first kappa shape index (κ1) is 15.5. The second-order valence-electron chi connectivity index (χ2n) is 5.58. The number of carboxylic acids is 1. The van der Waals surface area contributed by atoms with Gasteiger partial charge in [-0.2, -0.15) is 0 Å². The fourth-order valence-electron chi connectivity index (χ4n) is 1.94. The van der Waals surface area contributed by atoms with Gasteiger partial charge >= 0.3 is 12.1 Å². The lowest BCUT2D eigenvalue weighted by Crippen LogP contribution is -2.58. The van der Waals surface area contributed by atoms with Gasteiger partial charge in [0.05, 0.1) is 0 Å². The highest BCUT2D eigenvalue weighted by Crippen LogP contribution is 2.16. The molecule has 1 amide bonds. The normalized spacial score (nSPS) is 21.0. The monoisotopic (exact) mass is 270 g/mol. The molecule has 1 aliphatic heterocycles. The Balaban J connectivity index is 2.74. The maximum atomic E-state index is 12.0. The van der Waals surface area contributed by atoms with Crippen molar-refractivity contribution in [2.45, 2.75) is 32.4 Å². The van der Waals surface area contributed by atoms with Crippen LogP contribution < -0.4 is 0 Å². The third kappa shape index (κ3) is 4.55. The van der Waals surface area contributed by atoms with Gasteiger partial charge in [0.15, 0.2) is 0 Å². The molecular weight excluding hydrogens is 248 g/mol. The van der Waals surface area contributed by atoms with E-state index < -0.39 is 23.7 Å². The number of carbonyl (C=O) groups excluding carboxylic acids is 1. The molecule has 0 aliphatic carbocycles. The van der Waals surface area contributed by atoms with Gasteiger partial charge in [-0.05, 0) is 20.8 Å². The second-order valence-corrected chi connectivity index (χ2v) is 5.58. The predicted octanol–water partition coefficient (Wildman–Crippen LogP) is 1.18. The molecule has 0 spiro atoms. The lowest BCUT2D eigenvalue weighted by molar-refractivity contribution is -0.145. The summed E-state index contributed by atoms with van der Waals surface area (Å²) in [7, 11) is 0. The maximum Gasteiger partial charge on any atom is 0.411 e. The van der Waals surface area contributed by atoms with E-state index in [0.717, 1.165) is 0 Å². The van der Waals surface area contributed by atoms with E-state index in [-0.39, 0.29) is 0 Å². The zero-order chi connectivity index (χ0) is 14.6. The molecule has 19 heavy (non-hydrogen) atoms. The summed E-state index contributed by atoms with van der Waals surface area (Å²) in [5.74, 6) is -1.01. The summed E-state index contributed by atoms with van der Waals surface area (Å²) >= 11 is 0. The maximum absolute atomic E-state index is 12.0. The van der Waals surface area contributed by atoms with Crippen LogP contribution in [0.1, 0.15) is 20.8 Å². The van der Waals surface area contributed by atoms with E-state index in [4.69, 9.17) is 4.74 Å². The Kier molecular flexibility index (Phi) is 4.94. The number of aliphatic carboxylic acids is 1. The molecule has 0 aromatic carbocycles. The first-order chi connectivity index (χ1) is 8.74. The van der Waals surface area contributed by atoms with Gasteiger partial charge in [0, 0.05) is 26.2 Å². The number of rotatable bonds is 3. The molecule has 108 valence electrons. The highest BCUT2D eigenvalue weighted by atomic mass is 16.6. The Morgan fingerprint density at radius 1 is 1.42 bits per heavy atom. The van der Waals surface area contributed by atoms with Crippen LogP contribution in [0, 0.1) is 0 Å². The summed E-state index contributed by atoms with van der Waals surface area (Å²) in [5, 5.41) is 9.24. The molecule has 1 rings (SSSR count). The summed E-state index contributed by atoms with van der Waals surface area (Å²) in [6.45, 7) is 10.8. The van der Waals surface area contributed by atoms with Crippen LogP contribution in [-0.4, -0.2) is 64.8 Å². The van der Waals surface area contributed by atoms with Crippen molar-refractivity contribution in [1.29, 1.82) is 0 Å². The van der Waals surface area contributed by atoms with Gasteiger partial charge in [0.1, 0.15) is 11.6 Å². The summed E-state index contributed by atoms with van der Waals surface area (Å²) in [6.07, 6.45) is 1.15. The van der Waals surface area contributed by atoms with Crippen molar-refractivity contribution in [1.82, 2.24) is 9.80 Å². The van der Waals surface area contributed by atoms with Crippen LogP contribution in [0.5, 0.6) is 0 Å². The summed E-state index contributed by atoms with van der Waals surface area (Å²) in [4.78, 5) is 26.5. The largest absolute Gasteiger partial charge is 0.480 e. The quantitative estimate of drug-likeness (QED) is 0.780. The highest BCUT2D eigenvalue weighted by Gasteiger charge is 2.37. The predicted molar refractivity (Wildman–Crippen MR) is 71.0 cm³/mol. The molecule has 1 N–H and O–H groups in total. The molecule has 0 radical (unpaired) electrons. The van der Waals surface area contributed by atoms with E-state index in [1.54, 1.807) is 26.8 Å². The Labute approximate surface area is 113 Å². The fourth-order valence-corrected chi connectivity index (χ4v) is 1.94.